The molecule has 1 aromatic heterocycles. The van der Waals surface area contributed by atoms with Crippen molar-refractivity contribution in [3.05, 3.63) is 90.1 Å². The fraction of sp³-hybridized carbons (Fsp3) is 0.120. The lowest BCUT2D eigenvalue weighted by atomic mass is 9.97. The summed E-state index contributed by atoms with van der Waals surface area (Å²) in [6, 6.07) is 24.8. The minimum Gasteiger partial charge on any atom is -0.461 e. The quantitative estimate of drug-likeness (QED) is 0.334. The number of aromatic nitrogens is 1. The SMILES string of the molecule is CCOC(=O)c1nc([P+](=O)c2ccc(C)cc2)c2ccccc2c1-c1ccccc1. The number of esters is 1. The van der Waals surface area contributed by atoms with Crippen LogP contribution in [-0.2, 0) is 9.30 Å². The van der Waals surface area contributed by atoms with Gasteiger partial charge in [0.15, 0.2) is 11.0 Å². The molecule has 3 aromatic carbocycles. The number of benzene rings is 3. The van der Waals surface area contributed by atoms with Gasteiger partial charge >= 0.3 is 13.8 Å². The fourth-order valence-electron chi connectivity index (χ4n) is 3.45. The second-order valence-corrected chi connectivity index (χ2v) is 8.45. The first-order valence-corrected chi connectivity index (χ1v) is 11.1. The Bertz CT molecular complexity index is 1230. The van der Waals surface area contributed by atoms with Crippen LogP contribution in [0.25, 0.3) is 21.9 Å². The molecule has 4 rings (SSSR count). The number of hydrogen-bond acceptors (Lipinski definition) is 4. The Morgan fingerprint density at radius 3 is 2.20 bits per heavy atom. The average molecular weight is 414 g/mol. The molecule has 1 heterocycles. The smallest absolute Gasteiger partial charge is 0.436 e. The first-order chi connectivity index (χ1) is 14.6. The van der Waals surface area contributed by atoms with E-state index in [-0.39, 0.29) is 12.3 Å². The second-order valence-electron chi connectivity index (χ2n) is 6.92. The van der Waals surface area contributed by atoms with Crippen LogP contribution in [0.5, 0.6) is 0 Å². The number of fused-ring (bicyclic) bond motifs is 1. The van der Waals surface area contributed by atoms with E-state index in [0.717, 1.165) is 21.9 Å². The highest BCUT2D eigenvalue weighted by molar-refractivity contribution is 7.61. The van der Waals surface area contributed by atoms with Crippen molar-refractivity contribution in [1.29, 1.82) is 0 Å². The molecule has 0 saturated carbocycles. The van der Waals surface area contributed by atoms with Crippen LogP contribution < -0.4 is 10.7 Å². The number of carbonyl (C=O) groups excluding carboxylic acids is 1. The molecule has 0 aliphatic rings. The third-order valence-electron chi connectivity index (χ3n) is 4.88. The van der Waals surface area contributed by atoms with Crippen LogP contribution in [-0.4, -0.2) is 17.6 Å². The molecular weight excluding hydrogens is 393 g/mol. The van der Waals surface area contributed by atoms with Crippen LogP contribution >= 0.6 is 7.80 Å². The van der Waals surface area contributed by atoms with Crippen LogP contribution in [0.2, 0.25) is 0 Å². The van der Waals surface area contributed by atoms with Crippen LogP contribution in [0.4, 0.5) is 0 Å². The number of hydrogen-bond donors (Lipinski definition) is 0. The van der Waals surface area contributed by atoms with Crippen molar-refractivity contribution in [3.8, 4) is 11.1 Å². The van der Waals surface area contributed by atoms with Gasteiger partial charge in [-0.2, -0.15) is 4.98 Å². The highest BCUT2D eigenvalue weighted by Crippen LogP contribution is 2.34. The van der Waals surface area contributed by atoms with Gasteiger partial charge in [-0.25, -0.2) is 4.79 Å². The minimum atomic E-state index is -1.98. The fourth-order valence-corrected chi connectivity index (χ4v) is 4.72. The van der Waals surface area contributed by atoms with Crippen LogP contribution in [0.15, 0.2) is 78.9 Å². The van der Waals surface area contributed by atoms with Gasteiger partial charge in [0.2, 0.25) is 0 Å². The van der Waals surface area contributed by atoms with Crippen molar-refractivity contribution in [2.45, 2.75) is 13.8 Å². The zero-order chi connectivity index (χ0) is 21.1. The molecule has 0 spiro atoms. The van der Waals surface area contributed by atoms with E-state index in [1.165, 1.54) is 0 Å². The van der Waals surface area contributed by atoms with Gasteiger partial charge in [0.1, 0.15) is 0 Å². The summed E-state index contributed by atoms with van der Waals surface area (Å²) in [5.74, 6) is -0.518. The standard InChI is InChI=1S/C25H21NO3P/c1-3-29-25(27)23-22(18-9-5-4-6-10-18)20-11-7-8-12-21(20)24(26-23)30(28)19-15-13-17(2)14-16-19/h4-16H,3H2,1-2H3/q+1. The van der Waals surface area contributed by atoms with E-state index < -0.39 is 13.8 Å². The zero-order valence-corrected chi connectivity index (χ0v) is 17.7. The van der Waals surface area contributed by atoms with Crippen molar-refractivity contribution in [1.82, 2.24) is 4.98 Å². The normalized spacial score (nSPS) is 11.3. The molecule has 1 atom stereocenters. The summed E-state index contributed by atoms with van der Waals surface area (Å²) in [4.78, 5) is 17.5. The Morgan fingerprint density at radius 1 is 0.900 bits per heavy atom. The third-order valence-corrected chi connectivity index (χ3v) is 6.38. The maximum atomic E-state index is 13.5. The van der Waals surface area contributed by atoms with Crippen molar-refractivity contribution >= 4 is 35.3 Å². The number of carbonyl (C=O) groups is 1. The van der Waals surface area contributed by atoms with Crippen molar-refractivity contribution in [2.24, 2.45) is 0 Å². The van der Waals surface area contributed by atoms with E-state index in [1.54, 1.807) is 6.92 Å². The lowest BCUT2D eigenvalue weighted by Gasteiger charge is -2.12. The Balaban J connectivity index is 2.02. The molecule has 0 N–H and O–H groups in total. The topological polar surface area (TPSA) is 56.3 Å². The summed E-state index contributed by atoms with van der Waals surface area (Å²) in [7, 11) is -1.98. The third kappa shape index (κ3) is 3.74. The molecule has 0 saturated heterocycles. The molecule has 0 amide bonds. The molecule has 1 unspecified atom stereocenters. The van der Waals surface area contributed by atoms with Gasteiger partial charge in [0.05, 0.1) is 12.0 Å². The zero-order valence-electron chi connectivity index (χ0n) is 16.8. The molecule has 0 aliphatic carbocycles. The summed E-state index contributed by atoms with van der Waals surface area (Å²) in [5.41, 5.74) is 3.23. The van der Waals surface area contributed by atoms with Gasteiger partial charge in [-0.3, -0.25) is 0 Å². The van der Waals surface area contributed by atoms with E-state index >= 15 is 0 Å². The number of pyridine rings is 1. The van der Waals surface area contributed by atoms with Gasteiger partial charge in [-0.1, -0.05) is 70.8 Å². The molecule has 0 bridgehead atoms. The van der Waals surface area contributed by atoms with Gasteiger partial charge in [-0.05, 0) is 43.0 Å². The van der Waals surface area contributed by atoms with Crippen LogP contribution in [0.3, 0.4) is 0 Å². The second kappa shape index (κ2) is 8.56. The Morgan fingerprint density at radius 2 is 1.53 bits per heavy atom. The van der Waals surface area contributed by atoms with E-state index in [0.29, 0.717) is 16.3 Å². The maximum absolute atomic E-state index is 13.5. The van der Waals surface area contributed by atoms with Crippen molar-refractivity contribution in [2.75, 3.05) is 6.61 Å². The predicted octanol–water partition coefficient (Wildman–Crippen LogP) is 5.17. The van der Waals surface area contributed by atoms with E-state index in [4.69, 9.17) is 4.74 Å². The van der Waals surface area contributed by atoms with Gasteiger partial charge < -0.3 is 4.74 Å². The summed E-state index contributed by atoms with van der Waals surface area (Å²) >= 11 is 0. The molecule has 148 valence electrons. The Hall–Kier alpha value is -3.36. The predicted molar refractivity (Wildman–Crippen MR) is 121 cm³/mol. The monoisotopic (exact) mass is 414 g/mol. The molecule has 4 aromatic rings. The van der Waals surface area contributed by atoms with Gasteiger partial charge in [-0.15, -0.1) is 0 Å². The summed E-state index contributed by atoms with van der Waals surface area (Å²) in [6.45, 7) is 3.98. The van der Waals surface area contributed by atoms with Gasteiger partial charge in [0, 0.05) is 5.56 Å². The minimum absolute atomic E-state index is 0.187. The number of ether oxygens (including phenoxy) is 1. The van der Waals surface area contributed by atoms with E-state index in [1.807, 2.05) is 85.8 Å². The molecular formula is C25H21NO3P+. The molecule has 5 heteroatoms. The number of nitrogens with zero attached hydrogens (tertiary/aromatic N) is 1. The first-order valence-electron chi connectivity index (χ1n) is 9.79. The first kappa shape index (κ1) is 19.9. The molecule has 30 heavy (non-hydrogen) atoms. The molecule has 0 aliphatic heterocycles. The summed E-state index contributed by atoms with van der Waals surface area (Å²) in [5, 5.41) is 2.27. The lowest BCUT2D eigenvalue weighted by Crippen LogP contribution is -2.19. The Kier molecular flexibility index (Phi) is 5.69. The maximum Gasteiger partial charge on any atom is 0.436 e. The molecule has 4 nitrogen and oxygen atoms in total. The van der Waals surface area contributed by atoms with E-state index in [2.05, 4.69) is 4.98 Å². The van der Waals surface area contributed by atoms with Crippen LogP contribution in [0, 0.1) is 6.92 Å². The molecule has 0 radical (unpaired) electrons. The summed E-state index contributed by atoms with van der Waals surface area (Å²) in [6.07, 6.45) is 0. The van der Waals surface area contributed by atoms with E-state index in [9.17, 15) is 9.36 Å². The lowest BCUT2D eigenvalue weighted by molar-refractivity contribution is 0.0521. The highest BCUT2D eigenvalue weighted by Gasteiger charge is 2.32. The van der Waals surface area contributed by atoms with Gasteiger partial charge in [0.25, 0.3) is 5.44 Å². The highest BCUT2D eigenvalue weighted by atomic mass is 31.1. The Labute approximate surface area is 176 Å². The largest absolute Gasteiger partial charge is 0.461 e. The number of rotatable bonds is 5. The summed E-state index contributed by atoms with van der Waals surface area (Å²) < 4.78 is 18.8. The average Bonchev–Trinajstić information content (AvgIpc) is 2.78. The van der Waals surface area contributed by atoms with Crippen molar-refractivity contribution in [3.63, 3.8) is 0 Å². The number of aryl methyl sites for hydroxylation is 1. The van der Waals surface area contributed by atoms with Crippen LogP contribution in [0.1, 0.15) is 23.0 Å². The molecule has 0 fully saturated rings. The van der Waals surface area contributed by atoms with Crippen molar-refractivity contribution < 1.29 is 14.1 Å².